The van der Waals surface area contributed by atoms with E-state index in [0.29, 0.717) is 6.54 Å². The van der Waals surface area contributed by atoms with E-state index in [1.165, 1.54) is 0 Å². The van der Waals surface area contributed by atoms with Gasteiger partial charge in [-0.05, 0) is 11.8 Å². The lowest BCUT2D eigenvalue weighted by atomic mass is 9.90. The van der Waals surface area contributed by atoms with Crippen LogP contribution in [0.5, 0.6) is 0 Å². The van der Waals surface area contributed by atoms with Crippen LogP contribution in [0.15, 0.2) is 0 Å². The summed E-state index contributed by atoms with van der Waals surface area (Å²) in [5, 5.41) is 2.46. The summed E-state index contributed by atoms with van der Waals surface area (Å²) in [5.41, 5.74) is 4.77. The van der Waals surface area contributed by atoms with Crippen molar-refractivity contribution in [2.45, 2.75) is 27.2 Å². The van der Waals surface area contributed by atoms with E-state index < -0.39 is 11.8 Å². The second-order valence-electron chi connectivity index (χ2n) is 3.56. The van der Waals surface area contributed by atoms with Crippen molar-refractivity contribution in [3.05, 3.63) is 0 Å². The molecule has 0 aromatic heterocycles. The number of carbonyl (C=O) groups is 2. The molecule has 70 valence electrons. The molecule has 0 bridgehead atoms. The van der Waals surface area contributed by atoms with Crippen molar-refractivity contribution in [3.63, 3.8) is 0 Å². The van der Waals surface area contributed by atoms with Crippen molar-refractivity contribution in [2.75, 3.05) is 6.54 Å². The van der Waals surface area contributed by atoms with Gasteiger partial charge < -0.3 is 11.1 Å². The molecule has 0 spiro atoms. The van der Waals surface area contributed by atoms with Gasteiger partial charge in [-0.1, -0.05) is 20.8 Å². The molecule has 0 rings (SSSR count). The van der Waals surface area contributed by atoms with Gasteiger partial charge in [0.05, 0.1) is 0 Å². The predicted octanol–water partition coefficient (Wildman–Crippen LogP) is 0.0241. The van der Waals surface area contributed by atoms with Gasteiger partial charge in [0.1, 0.15) is 0 Å². The maximum absolute atomic E-state index is 10.7. The number of hydrogen-bond donors (Lipinski definition) is 2. The molecule has 0 radical (unpaired) electrons. The SMILES string of the molecule is CCC(C)(C)CNC(=O)C(N)=O. The Morgan fingerprint density at radius 1 is 1.42 bits per heavy atom. The number of carbonyl (C=O) groups excluding carboxylic acids is 2. The summed E-state index contributed by atoms with van der Waals surface area (Å²) in [7, 11) is 0. The Hall–Kier alpha value is -1.06. The second kappa shape index (κ2) is 4.09. The lowest BCUT2D eigenvalue weighted by Crippen LogP contribution is -2.40. The van der Waals surface area contributed by atoms with Crippen molar-refractivity contribution in [1.29, 1.82) is 0 Å². The number of hydrogen-bond acceptors (Lipinski definition) is 2. The van der Waals surface area contributed by atoms with Crippen LogP contribution in [0, 0.1) is 5.41 Å². The standard InChI is InChI=1S/C8H16N2O2/c1-4-8(2,3)5-10-7(12)6(9)11/h4-5H2,1-3H3,(H2,9,11)(H,10,12). The quantitative estimate of drug-likeness (QED) is 0.589. The summed E-state index contributed by atoms with van der Waals surface area (Å²) in [6.45, 7) is 6.52. The lowest BCUT2D eigenvalue weighted by molar-refractivity contribution is -0.137. The Morgan fingerprint density at radius 2 is 1.92 bits per heavy atom. The highest BCUT2D eigenvalue weighted by Gasteiger charge is 2.17. The van der Waals surface area contributed by atoms with Crippen LogP contribution in [-0.2, 0) is 9.59 Å². The topological polar surface area (TPSA) is 72.2 Å². The maximum atomic E-state index is 10.7. The zero-order chi connectivity index (χ0) is 9.78. The van der Waals surface area contributed by atoms with Crippen molar-refractivity contribution < 1.29 is 9.59 Å². The Bertz CT molecular complexity index is 187. The number of primary amides is 1. The van der Waals surface area contributed by atoms with Crippen LogP contribution in [0.4, 0.5) is 0 Å². The summed E-state index contributed by atoms with van der Waals surface area (Å²) in [6.07, 6.45) is 0.937. The van der Waals surface area contributed by atoms with Gasteiger partial charge in [-0.25, -0.2) is 0 Å². The first-order valence-corrected chi connectivity index (χ1v) is 3.96. The molecule has 0 aliphatic carbocycles. The fourth-order valence-electron chi connectivity index (χ4n) is 0.532. The molecule has 0 atom stereocenters. The number of amides is 2. The molecule has 0 aliphatic rings. The summed E-state index contributed by atoms with van der Waals surface area (Å²) in [6, 6.07) is 0. The third-order valence-electron chi connectivity index (χ3n) is 1.91. The normalized spacial score (nSPS) is 10.9. The second-order valence-corrected chi connectivity index (χ2v) is 3.56. The molecule has 12 heavy (non-hydrogen) atoms. The van der Waals surface area contributed by atoms with Gasteiger partial charge in [0.25, 0.3) is 0 Å². The molecule has 2 amide bonds. The molecule has 0 aliphatic heterocycles. The fourth-order valence-corrected chi connectivity index (χ4v) is 0.532. The largest absolute Gasteiger partial charge is 0.361 e. The zero-order valence-electron chi connectivity index (χ0n) is 7.81. The van der Waals surface area contributed by atoms with E-state index in [-0.39, 0.29) is 5.41 Å². The fraction of sp³-hybridized carbons (Fsp3) is 0.750. The van der Waals surface area contributed by atoms with Crippen LogP contribution in [0.3, 0.4) is 0 Å². The van der Waals surface area contributed by atoms with E-state index in [2.05, 4.69) is 5.32 Å². The molecule has 0 saturated carbocycles. The highest BCUT2D eigenvalue weighted by atomic mass is 16.2. The van der Waals surface area contributed by atoms with E-state index in [1.807, 2.05) is 20.8 Å². The average molecular weight is 172 g/mol. The Morgan fingerprint density at radius 3 is 2.25 bits per heavy atom. The van der Waals surface area contributed by atoms with Crippen molar-refractivity contribution in [2.24, 2.45) is 11.1 Å². The predicted molar refractivity (Wildman–Crippen MR) is 46.3 cm³/mol. The van der Waals surface area contributed by atoms with Crippen molar-refractivity contribution in [1.82, 2.24) is 5.32 Å². The number of nitrogens with one attached hydrogen (secondary N) is 1. The van der Waals surface area contributed by atoms with Crippen LogP contribution in [0.25, 0.3) is 0 Å². The third kappa shape index (κ3) is 3.95. The first-order chi connectivity index (χ1) is 5.39. The van der Waals surface area contributed by atoms with E-state index >= 15 is 0 Å². The molecule has 4 nitrogen and oxygen atoms in total. The molecule has 0 aromatic rings. The number of nitrogens with two attached hydrogens (primary N) is 1. The molecule has 0 fully saturated rings. The average Bonchev–Trinajstić information content (AvgIpc) is 2.00. The Labute approximate surface area is 72.5 Å². The Balaban J connectivity index is 3.83. The molecular formula is C8H16N2O2. The first-order valence-electron chi connectivity index (χ1n) is 3.96. The number of rotatable bonds is 3. The maximum Gasteiger partial charge on any atom is 0.309 e. The molecule has 0 unspecified atom stereocenters. The van der Waals surface area contributed by atoms with Crippen molar-refractivity contribution in [3.8, 4) is 0 Å². The van der Waals surface area contributed by atoms with Gasteiger partial charge >= 0.3 is 11.8 Å². The summed E-state index contributed by atoms with van der Waals surface area (Å²) in [5.74, 6) is -1.64. The van der Waals surface area contributed by atoms with E-state index in [4.69, 9.17) is 5.73 Å². The lowest BCUT2D eigenvalue weighted by Gasteiger charge is -2.22. The van der Waals surface area contributed by atoms with Gasteiger partial charge in [0.15, 0.2) is 0 Å². The molecular weight excluding hydrogens is 156 g/mol. The summed E-state index contributed by atoms with van der Waals surface area (Å²) >= 11 is 0. The Kier molecular flexibility index (Phi) is 3.73. The van der Waals surface area contributed by atoms with Gasteiger partial charge in [-0.2, -0.15) is 0 Å². The van der Waals surface area contributed by atoms with Crippen LogP contribution < -0.4 is 11.1 Å². The van der Waals surface area contributed by atoms with Crippen LogP contribution in [0.2, 0.25) is 0 Å². The minimum atomic E-state index is -0.929. The van der Waals surface area contributed by atoms with Gasteiger partial charge in [0, 0.05) is 6.54 Å². The van der Waals surface area contributed by atoms with Crippen molar-refractivity contribution >= 4 is 11.8 Å². The smallest absolute Gasteiger partial charge is 0.309 e. The molecule has 0 heterocycles. The first kappa shape index (κ1) is 10.9. The molecule has 4 heteroatoms. The minimum Gasteiger partial charge on any atom is -0.361 e. The molecule has 0 aromatic carbocycles. The van der Waals surface area contributed by atoms with E-state index in [9.17, 15) is 9.59 Å². The van der Waals surface area contributed by atoms with E-state index in [0.717, 1.165) is 6.42 Å². The van der Waals surface area contributed by atoms with Gasteiger partial charge in [-0.15, -0.1) is 0 Å². The third-order valence-corrected chi connectivity index (χ3v) is 1.91. The van der Waals surface area contributed by atoms with E-state index in [1.54, 1.807) is 0 Å². The summed E-state index contributed by atoms with van der Waals surface area (Å²) in [4.78, 5) is 21.0. The highest BCUT2D eigenvalue weighted by Crippen LogP contribution is 2.17. The zero-order valence-corrected chi connectivity index (χ0v) is 7.81. The van der Waals surface area contributed by atoms with Gasteiger partial charge in [0.2, 0.25) is 0 Å². The van der Waals surface area contributed by atoms with Crippen LogP contribution >= 0.6 is 0 Å². The highest BCUT2D eigenvalue weighted by molar-refractivity contribution is 6.34. The van der Waals surface area contributed by atoms with Crippen LogP contribution in [-0.4, -0.2) is 18.4 Å². The van der Waals surface area contributed by atoms with Gasteiger partial charge in [-0.3, -0.25) is 9.59 Å². The summed E-state index contributed by atoms with van der Waals surface area (Å²) < 4.78 is 0. The molecule has 0 saturated heterocycles. The molecule has 3 N–H and O–H groups in total. The monoisotopic (exact) mass is 172 g/mol. The minimum absolute atomic E-state index is 0.0190. The van der Waals surface area contributed by atoms with Crippen LogP contribution in [0.1, 0.15) is 27.2 Å².